The minimum absolute atomic E-state index is 0.0855. The standard InChI is InChI=1S/C21H20N4OS/c1-24(13-19-22-16-10-6-7-11-18(16)25(19)2)21(26)17-14-27-20(23-17)12-15-8-4-3-5-9-15/h3-11,14H,12-13H2,1-2H3. The smallest absolute Gasteiger partial charge is 0.273 e. The zero-order valence-corrected chi connectivity index (χ0v) is 16.1. The van der Waals surface area contributed by atoms with Gasteiger partial charge in [-0.1, -0.05) is 42.5 Å². The molecule has 4 aromatic rings. The van der Waals surface area contributed by atoms with Crippen molar-refractivity contribution < 1.29 is 4.79 Å². The Labute approximate surface area is 161 Å². The molecule has 5 nitrogen and oxygen atoms in total. The van der Waals surface area contributed by atoms with Crippen LogP contribution in [0.15, 0.2) is 60.0 Å². The van der Waals surface area contributed by atoms with Crippen molar-refractivity contribution in [3.8, 4) is 0 Å². The molecule has 2 aromatic heterocycles. The van der Waals surface area contributed by atoms with E-state index < -0.39 is 0 Å². The number of rotatable bonds is 5. The monoisotopic (exact) mass is 376 g/mol. The van der Waals surface area contributed by atoms with Crippen LogP contribution in [-0.4, -0.2) is 32.4 Å². The van der Waals surface area contributed by atoms with Crippen LogP contribution in [0.4, 0.5) is 0 Å². The number of hydrogen-bond donors (Lipinski definition) is 0. The third kappa shape index (κ3) is 3.61. The summed E-state index contributed by atoms with van der Waals surface area (Å²) < 4.78 is 2.03. The fourth-order valence-electron chi connectivity index (χ4n) is 3.08. The van der Waals surface area contributed by atoms with Crippen LogP contribution in [-0.2, 0) is 20.0 Å². The van der Waals surface area contributed by atoms with Crippen molar-refractivity contribution in [3.05, 3.63) is 82.1 Å². The van der Waals surface area contributed by atoms with E-state index in [9.17, 15) is 4.79 Å². The molecule has 0 saturated carbocycles. The lowest BCUT2D eigenvalue weighted by Crippen LogP contribution is -2.27. The summed E-state index contributed by atoms with van der Waals surface area (Å²) >= 11 is 1.52. The second-order valence-electron chi connectivity index (χ2n) is 6.53. The van der Waals surface area contributed by atoms with Gasteiger partial charge in [-0.2, -0.15) is 0 Å². The summed E-state index contributed by atoms with van der Waals surface area (Å²) in [6.07, 6.45) is 0.743. The van der Waals surface area contributed by atoms with Crippen LogP contribution in [0.1, 0.15) is 26.9 Å². The van der Waals surface area contributed by atoms with Gasteiger partial charge in [0.25, 0.3) is 5.91 Å². The first-order valence-corrected chi connectivity index (χ1v) is 9.64. The summed E-state index contributed by atoms with van der Waals surface area (Å²) in [6, 6.07) is 18.1. The van der Waals surface area contributed by atoms with Crippen LogP contribution in [0.2, 0.25) is 0 Å². The van der Waals surface area contributed by atoms with Gasteiger partial charge in [0.2, 0.25) is 0 Å². The number of aryl methyl sites for hydroxylation is 1. The molecule has 136 valence electrons. The molecule has 6 heteroatoms. The highest BCUT2D eigenvalue weighted by Crippen LogP contribution is 2.18. The number of aromatic nitrogens is 3. The van der Waals surface area contributed by atoms with Crippen molar-refractivity contribution in [1.82, 2.24) is 19.4 Å². The number of para-hydroxylation sites is 2. The van der Waals surface area contributed by atoms with Gasteiger partial charge in [-0.3, -0.25) is 4.79 Å². The Morgan fingerprint density at radius 1 is 1.07 bits per heavy atom. The Morgan fingerprint density at radius 3 is 2.59 bits per heavy atom. The molecular weight excluding hydrogens is 356 g/mol. The number of thiazole rings is 1. The topological polar surface area (TPSA) is 51.0 Å². The zero-order valence-electron chi connectivity index (χ0n) is 15.3. The molecular formula is C21H20N4OS. The average molecular weight is 376 g/mol. The molecule has 0 aliphatic carbocycles. The van der Waals surface area contributed by atoms with E-state index in [1.807, 2.05) is 59.5 Å². The Balaban J connectivity index is 1.48. The van der Waals surface area contributed by atoms with Crippen molar-refractivity contribution >= 4 is 28.3 Å². The molecule has 0 radical (unpaired) electrons. The quantitative estimate of drug-likeness (QED) is 0.531. The summed E-state index contributed by atoms with van der Waals surface area (Å²) in [5.74, 6) is 0.768. The number of benzene rings is 2. The molecule has 1 amide bonds. The maximum atomic E-state index is 12.8. The van der Waals surface area contributed by atoms with Crippen LogP contribution < -0.4 is 0 Å². The van der Waals surface area contributed by atoms with Crippen LogP contribution in [0.3, 0.4) is 0 Å². The second-order valence-corrected chi connectivity index (χ2v) is 7.47. The number of amides is 1. The molecule has 0 atom stereocenters. The van der Waals surface area contributed by atoms with Gasteiger partial charge in [0, 0.05) is 25.9 Å². The van der Waals surface area contributed by atoms with Crippen molar-refractivity contribution in [2.45, 2.75) is 13.0 Å². The number of carbonyl (C=O) groups excluding carboxylic acids is 1. The van der Waals surface area contributed by atoms with Gasteiger partial charge in [-0.25, -0.2) is 9.97 Å². The normalized spacial score (nSPS) is 11.0. The van der Waals surface area contributed by atoms with Gasteiger partial charge >= 0.3 is 0 Å². The van der Waals surface area contributed by atoms with Gasteiger partial charge in [0.05, 0.1) is 22.6 Å². The first kappa shape index (κ1) is 17.4. The molecule has 0 spiro atoms. The summed E-state index contributed by atoms with van der Waals surface area (Å²) in [5, 5.41) is 2.78. The predicted octanol–water partition coefficient (Wildman–Crippen LogP) is 3.89. The molecule has 0 aliphatic heterocycles. The number of fused-ring (bicyclic) bond motifs is 1. The minimum atomic E-state index is -0.0855. The van der Waals surface area contributed by atoms with E-state index in [1.165, 1.54) is 16.9 Å². The lowest BCUT2D eigenvalue weighted by molar-refractivity contribution is 0.0775. The molecule has 27 heavy (non-hydrogen) atoms. The number of hydrogen-bond acceptors (Lipinski definition) is 4. The molecule has 0 N–H and O–H groups in total. The largest absolute Gasteiger partial charge is 0.333 e. The molecule has 0 bridgehead atoms. The SMILES string of the molecule is CN(Cc1nc2ccccc2n1C)C(=O)c1csc(Cc2ccccc2)n1. The lowest BCUT2D eigenvalue weighted by Gasteiger charge is -2.15. The zero-order chi connectivity index (χ0) is 18.8. The van der Waals surface area contributed by atoms with Gasteiger partial charge in [-0.15, -0.1) is 11.3 Å². The Hall–Kier alpha value is -2.99. The van der Waals surface area contributed by atoms with Gasteiger partial charge in [0.15, 0.2) is 0 Å². The minimum Gasteiger partial charge on any atom is -0.333 e. The predicted molar refractivity (Wildman–Crippen MR) is 108 cm³/mol. The molecule has 0 unspecified atom stereocenters. The first-order chi connectivity index (χ1) is 13.1. The van der Waals surface area contributed by atoms with E-state index in [1.54, 1.807) is 11.9 Å². The Morgan fingerprint density at radius 2 is 1.81 bits per heavy atom. The second kappa shape index (κ2) is 7.32. The van der Waals surface area contributed by atoms with E-state index in [4.69, 9.17) is 0 Å². The molecule has 0 aliphatic rings. The van der Waals surface area contributed by atoms with Gasteiger partial charge < -0.3 is 9.47 Å². The molecule has 4 rings (SSSR count). The third-order valence-electron chi connectivity index (χ3n) is 4.57. The highest BCUT2D eigenvalue weighted by Gasteiger charge is 2.18. The summed E-state index contributed by atoms with van der Waals surface area (Å²) in [6.45, 7) is 0.440. The lowest BCUT2D eigenvalue weighted by atomic mass is 10.2. The maximum Gasteiger partial charge on any atom is 0.273 e. The summed E-state index contributed by atoms with van der Waals surface area (Å²) in [4.78, 5) is 23.6. The highest BCUT2D eigenvalue weighted by atomic mass is 32.1. The van der Waals surface area contributed by atoms with E-state index in [-0.39, 0.29) is 5.91 Å². The number of imidazole rings is 1. The Kier molecular flexibility index (Phi) is 4.73. The summed E-state index contributed by atoms with van der Waals surface area (Å²) in [5.41, 5.74) is 3.69. The van der Waals surface area contributed by atoms with Gasteiger partial charge in [-0.05, 0) is 17.7 Å². The Bertz CT molecular complexity index is 1080. The van der Waals surface area contributed by atoms with Crippen LogP contribution >= 0.6 is 11.3 Å². The number of nitrogens with zero attached hydrogens (tertiary/aromatic N) is 4. The van der Waals surface area contributed by atoms with Crippen molar-refractivity contribution in [3.63, 3.8) is 0 Å². The number of carbonyl (C=O) groups is 1. The van der Waals surface area contributed by atoms with E-state index in [0.717, 1.165) is 28.3 Å². The van der Waals surface area contributed by atoms with Gasteiger partial charge in [0.1, 0.15) is 11.5 Å². The molecule has 0 saturated heterocycles. The average Bonchev–Trinajstić information content (AvgIpc) is 3.27. The maximum absolute atomic E-state index is 12.8. The van der Waals surface area contributed by atoms with Crippen molar-refractivity contribution in [2.24, 2.45) is 7.05 Å². The van der Waals surface area contributed by atoms with Crippen molar-refractivity contribution in [2.75, 3.05) is 7.05 Å². The van der Waals surface area contributed by atoms with Crippen molar-refractivity contribution in [1.29, 1.82) is 0 Å². The van der Waals surface area contributed by atoms with E-state index in [2.05, 4.69) is 22.1 Å². The summed E-state index contributed by atoms with van der Waals surface area (Å²) in [7, 11) is 3.77. The van der Waals surface area contributed by atoms with Crippen LogP contribution in [0.25, 0.3) is 11.0 Å². The molecule has 0 fully saturated rings. The fraction of sp³-hybridized carbons (Fsp3) is 0.190. The van der Waals surface area contributed by atoms with Crippen LogP contribution in [0, 0.1) is 0 Å². The van der Waals surface area contributed by atoms with Crippen LogP contribution in [0.5, 0.6) is 0 Å². The third-order valence-corrected chi connectivity index (χ3v) is 5.42. The highest BCUT2D eigenvalue weighted by molar-refractivity contribution is 7.09. The molecule has 2 aromatic carbocycles. The molecule has 2 heterocycles. The van der Waals surface area contributed by atoms with E-state index in [0.29, 0.717) is 12.2 Å². The fourth-order valence-corrected chi connectivity index (χ4v) is 3.88. The van der Waals surface area contributed by atoms with E-state index >= 15 is 0 Å². The first-order valence-electron chi connectivity index (χ1n) is 8.76.